The number of carbonyl (C=O) groups is 4. The molecule has 3 N–H and O–H groups in total. The highest BCUT2D eigenvalue weighted by molar-refractivity contribution is 7.12. The molecule has 1 aliphatic rings. The molecule has 1 fully saturated rings. The van der Waals surface area contributed by atoms with Crippen LogP contribution in [-0.2, 0) is 14.3 Å². The fourth-order valence-electron chi connectivity index (χ4n) is 2.92. The smallest absolute Gasteiger partial charge is 0.329 e. The number of hydrogen-bond donors (Lipinski definition) is 3. The first-order valence-corrected chi connectivity index (χ1v) is 10.3. The van der Waals surface area contributed by atoms with E-state index in [0.29, 0.717) is 4.88 Å². The van der Waals surface area contributed by atoms with Crippen LogP contribution in [0, 0.1) is 5.92 Å². The van der Waals surface area contributed by atoms with Gasteiger partial charge in [-0.3, -0.25) is 14.9 Å². The van der Waals surface area contributed by atoms with Crippen molar-refractivity contribution in [1.82, 2.24) is 16.0 Å². The zero-order valence-corrected chi connectivity index (χ0v) is 17.1. The van der Waals surface area contributed by atoms with Crippen LogP contribution in [0.25, 0.3) is 0 Å². The molecule has 1 saturated carbocycles. The number of carbonyl (C=O) groups excluding carboxylic acids is 4. The standard InChI is InChI=1S/C19H27N3O5S/c1-11(2)15(21-17(24)14-9-6-10-28-14)18(25)27-12(3)16(23)22-19(26)20-13-7-4-5-8-13/h6,9-13,15H,4-5,7-8H2,1-3H3,(H,21,24)(H2,20,22,23,26)/t12-,15+/m1/s1. The van der Waals surface area contributed by atoms with Gasteiger partial charge in [0.2, 0.25) is 0 Å². The molecule has 154 valence electrons. The first-order valence-electron chi connectivity index (χ1n) is 9.44. The predicted molar refractivity (Wildman–Crippen MR) is 105 cm³/mol. The first-order chi connectivity index (χ1) is 13.3. The predicted octanol–water partition coefficient (Wildman–Crippen LogP) is 2.20. The summed E-state index contributed by atoms with van der Waals surface area (Å²) >= 11 is 1.26. The molecule has 0 bridgehead atoms. The minimum absolute atomic E-state index is 0.0726. The maximum atomic E-state index is 12.5. The second-order valence-electron chi connectivity index (χ2n) is 7.20. The van der Waals surface area contributed by atoms with Gasteiger partial charge in [0.15, 0.2) is 6.10 Å². The van der Waals surface area contributed by atoms with Gasteiger partial charge in [0, 0.05) is 6.04 Å². The number of amides is 4. The van der Waals surface area contributed by atoms with Crippen molar-refractivity contribution < 1.29 is 23.9 Å². The third-order valence-corrected chi connectivity index (χ3v) is 5.41. The van der Waals surface area contributed by atoms with Crippen LogP contribution in [-0.4, -0.2) is 42.0 Å². The van der Waals surface area contributed by atoms with Gasteiger partial charge in [0.25, 0.3) is 11.8 Å². The molecule has 1 aromatic rings. The third kappa shape index (κ3) is 6.33. The average molecular weight is 410 g/mol. The van der Waals surface area contributed by atoms with Gasteiger partial charge < -0.3 is 15.4 Å². The van der Waals surface area contributed by atoms with E-state index in [1.165, 1.54) is 18.3 Å². The van der Waals surface area contributed by atoms with E-state index >= 15 is 0 Å². The molecule has 0 saturated heterocycles. The third-order valence-electron chi connectivity index (χ3n) is 4.54. The highest BCUT2D eigenvalue weighted by atomic mass is 32.1. The van der Waals surface area contributed by atoms with Crippen LogP contribution in [0.15, 0.2) is 17.5 Å². The zero-order valence-electron chi connectivity index (χ0n) is 16.3. The Bertz CT molecular complexity index is 698. The van der Waals surface area contributed by atoms with Gasteiger partial charge in [-0.25, -0.2) is 9.59 Å². The molecule has 0 aliphatic heterocycles. The summed E-state index contributed by atoms with van der Waals surface area (Å²) in [6, 6.07) is 1.97. The summed E-state index contributed by atoms with van der Waals surface area (Å²) in [5, 5.41) is 9.33. The second kappa shape index (κ2) is 10.2. The Balaban J connectivity index is 1.85. The monoisotopic (exact) mass is 409 g/mol. The van der Waals surface area contributed by atoms with Gasteiger partial charge >= 0.3 is 12.0 Å². The van der Waals surface area contributed by atoms with E-state index in [4.69, 9.17) is 4.74 Å². The number of imide groups is 1. The van der Waals surface area contributed by atoms with Crippen molar-refractivity contribution in [3.8, 4) is 0 Å². The molecule has 0 aromatic carbocycles. The average Bonchev–Trinajstić information content (AvgIpc) is 3.32. The second-order valence-corrected chi connectivity index (χ2v) is 8.14. The topological polar surface area (TPSA) is 114 Å². The Morgan fingerprint density at radius 3 is 2.39 bits per heavy atom. The summed E-state index contributed by atoms with van der Waals surface area (Å²) in [5.41, 5.74) is 0. The summed E-state index contributed by atoms with van der Waals surface area (Å²) in [4.78, 5) is 49.2. The maximum Gasteiger partial charge on any atom is 0.329 e. The fourth-order valence-corrected chi connectivity index (χ4v) is 3.55. The minimum Gasteiger partial charge on any atom is -0.451 e. The summed E-state index contributed by atoms with van der Waals surface area (Å²) in [5.74, 6) is -2.05. The van der Waals surface area contributed by atoms with Crippen molar-refractivity contribution >= 4 is 35.2 Å². The van der Waals surface area contributed by atoms with Gasteiger partial charge in [-0.2, -0.15) is 0 Å². The quantitative estimate of drug-likeness (QED) is 0.598. The van der Waals surface area contributed by atoms with Crippen LogP contribution >= 0.6 is 11.3 Å². The lowest BCUT2D eigenvalue weighted by molar-refractivity contribution is -0.157. The Morgan fingerprint density at radius 2 is 1.82 bits per heavy atom. The van der Waals surface area contributed by atoms with Crippen molar-refractivity contribution in [1.29, 1.82) is 0 Å². The Kier molecular flexibility index (Phi) is 7.98. The van der Waals surface area contributed by atoms with Crippen LogP contribution in [0.3, 0.4) is 0 Å². The number of nitrogens with one attached hydrogen (secondary N) is 3. The fraction of sp³-hybridized carbons (Fsp3) is 0.579. The molecular weight excluding hydrogens is 382 g/mol. The van der Waals surface area contributed by atoms with Crippen LogP contribution in [0.1, 0.15) is 56.1 Å². The first kappa shape index (κ1) is 21.9. The van der Waals surface area contributed by atoms with Crippen molar-refractivity contribution in [2.45, 2.75) is 64.6 Å². The summed E-state index contributed by atoms with van der Waals surface area (Å²) in [6.07, 6.45) is 2.74. The van der Waals surface area contributed by atoms with E-state index in [0.717, 1.165) is 25.7 Å². The Labute approximate surface area is 168 Å². The number of urea groups is 1. The molecule has 0 spiro atoms. The van der Waals surface area contributed by atoms with E-state index < -0.39 is 30.1 Å². The van der Waals surface area contributed by atoms with Gasteiger partial charge in [-0.1, -0.05) is 32.8 Å². The molecule has 2 rings (SSSR count). The molecule has 2 atom stereocenters. The van der Waals surface area contributed by atoms with Crippen LogP contribution in [0.2, 0.25) is 0 Å². The molecule has 0 unspecified atom stereocenters. The summed E-state index contributed by atoms with van der Waals surface area (Å²) in [6.45, 7) is 4.91. The molecule has 4 amide bonds. The number of hydrogen-bond acceptors (Lipinski definition) is 6. The summed E-state index contributed by atoms with van der Waals surface area (Å²) < 4.78 is 5.18. The highest BCUT2D eigenvalue weighted by Crippen LogP contribution is 2.17. The summed E-state index contributed by atoms with van der Waals surface area (Å²) in [7, 11) is 0. The van der Waals surface area contributed by atoms with Gasteiger partial charge in [-0.15, -0.1) is 11.3 Å². The van der Waals surface area contributed by atoms with E-state index in [-0.39, 0.29) is 17.9 Å². The normalized spacial score (nSPS) is 16.3. The Hall–Kier alpha value is -2.42. The van der Waals surface area contributed by atoms with Gasteiger partial charge in [0.1, 0.15) is 6.04 Å². The zero-order chi connectivity index (χ0) is 20.7. The van der Waals surface area contributed by atoms with Gasteiger partial charge in [0.05, 0.1) is 4.88 Å². The molecule has 1 aromatic heterocycles. The number of ether oxygens (including phenoxy) is 1. The number of esters is 1. The molecule has 9 heteroatoms. The van der Waals surface area contributed by atoms with Crippen LogP contribution in [0.5, 0.6) is 0 Å². The van der Waals surface area contributed by atoms with Crippen molar-refractivity contribution in [2.24, 2.45) is 5.92 Å². The molecule has 1 aliphatic carbocycles. The van der Waals surface area contributed by atoms with Crippen LogP contribution in [0.4, 0.5) is 4.79 Å². The van der Waals surface area contributed by atoms with E-state index in [2.05, 4.69) is 16.0 Å². The molecular formula is C19H27N3O5S. The van der Waals surface area contributed by atoms with E-state index in [1.54, 1.807) is 31.4 Å². The molecule has 8 nitrogen and oxygen atoms in total. The highest BCUT2D eigenvalue weighted by Gasteiger charge is 2.30. The van der Waals surface area contributed by atoms with Crippen molar-refractivity contribution in [2.75, 3.05) is 0 Å². The maximum absolute atomic E-state index is 12.5. The van der Waals surface area contributed by atoms with E-state index in [1.807, 2.05) is 0 Å². The van der Waals surface area contributed by atoms with Gasteiger partial charge in [-0.05, 0) is 37.1 Å². The molecule has 1 heterocycles. The largest absolute Gasteiger partial charge is 0.451 e. The lowest BCUT2D eigenvalue weighted by Gasteiger charge is -2.22. The van der Waals surface area contributed by atoms with E-state index in [9.17, 15) is 19.2 Å². The van der Waals surface area contributed by atoms with Crippen molar-refractivity contribution in [3.05, 3.63) is 22.4 Å². The number of rotatable bonds is 7. The Morgan fingerprint density at radius 1 is 1.14 bits per heavy atom. The van der Waals surface area contributed by atoms with Crippen molar-refractivity contribution in [3.63, 3.8) is 0 Å². The lowest BCUT2D eigenvalue weighted by Crippen LogP contribution is -2.50. The molecule has 28 heavy (non-hydrogen) atoms. The lowest BCUT2D eigenvalue weighted by atomic mass is 10.0. The number of thiophene rings is 1. The SMILES string of the molecule is CC(C)[C@H](NC(=O)c1cccs1)C(=O)O[C@H](C)C(=O)NC(=O)NC1CCCC1. The van der Waals surface area contributed by atoms with Crippen LogP contribution < -0.4 is 16.0 Å². The molecule has 0 radical (unpaired) electrons. The minimum atomic E-state index is -1.17.